The zero-order valence-electron chi connectivity index (χ0n) is 14.4. The molecule has 0 radical (unpaired) electrons. The van der Waals surface area contributed by atoms with E-state index in [1.54, 1.807) is 11.5 Å². The Morgan fingerprint density at radius 2 is 1.48 bits per heavy atom. The number of nitrogens with zero attached hydrogens (tertiary/aromatic N) is 1. The van der Waals surface area contributed by atoms with E-state index in [0.717, 1.165) is 21.3 Å². The van der Waals surface area contributed by atoms with Gasteiger partial charge in [0, 0.05) is 0 Å². The van der Waals surface area contributed by atoms with Crippen LogP contribution in [-0.2, 0) is 0 Å². The lowest BCUT2D eigenvalue weighted by atomic mass is 9.93. The van der Waals surface area contributed by atoms with Gasteiger partial charge in [0.15, 0.2) is 0 Å². The summed E-state index contributed by atoms with van der Waals surface area (Å²) in [6.45, 7) is 10.8. The van der Waals surface area contributed by atoms with Crippen molar-refractivity contribution >= 4 is 21.6 Å². The van der Waals surface area contributed by atoms with E-state index in [-0.39, 0.29) is 5.56 Å². The molecule has 0 amide bonds. The number of hydrogen-bond donors (Lipinski definition) is 0. The molecule has 3 rings (SSSR count). The Balaban J connectivity index is 2.41. The molecule has 2 nitrogen and oxygen atoms in total. The van der Waals surface area contributed by atoms with Gasteiger partial charge in [-0.2, -0.15) is 0 Å². The van der Waals surface area contributed by atoms with Crippen LogP contribution in [0.4, 0.5) is 0 Å². The highest BCUT2D eigenvalue weighted by Crippen LogP contribution is 2.33. The first-order valence-corrected chi connectivity index (χ1v) is 8.94. The Kier molecular flexibility index (Phi) is 4.15. The summed E-state index contributed by atoms with van der Waals surface area (Å²) in [6, 6.07) is 12.4. The second-order valence-corrected chi connectivity index (χ2v) is 7.69. The average Bonchev–Trinajstić information content (AvgIpc) is 2.85. The highest BCUT2D eigenvalue weighted by Gasteiger charge is 2.19. The fourth-order valence-electron chi connectivity index (χ4n) is 3.08. The van der Waals surface area contributed by atoms with Gasteiger partial charge in [-0.05, 0) is 41.5 Å². The van der Waals surface area contributed by atoms with E-state index in [0.29, 0.717) is 11.8 Å². The van der Waals surface area contributed by atoms with Gasteiger partial charge < -0.3 is 0 Å². The van der Waals surface area contributed by atoms with Crippen molar-refractivity contribution in [2.45, 2.75) is 46.5 Å². The third-order valence-electron chi connectivity index (χ3n) is 4.35. The summed E-state index contributed by atoms with van der Waals surface area (Å²) >= 11 is 1.57. The third kappa shape index (κ3) is 2.63. The van der Waals surface area contributed by atoms with E-state index in [2.05, 4.69) is 58.9 Å². The monoisotopic (exact) mass is 325 g/mol. The first-order valence-electron chi connectivity index (χ1n) is 8.16. The predicted octanol–water partition coefficient (Wildman–Crippen LogP) is 5.61. The molecule has 0 atom stereocenters. The second kappa shape index (κ2) is 5.97. The minimum Gasteiger partial charge on any atom is -0.267 e. The van der Waals surface area contributed by atoms with Crippen LogP contribution < -0.4 is 5.56 Å². The van der Waals surface area contributed by atoms with E-state index in [1.807, 2.05) is 16.1 Å². The van der Waals surface area contributed by atoms with Crippen molar-refractivity contribution in [3.05, 3.63) is 63.4 Å². The topological polar surface area (TPSA) is 22.0 Å². The lowest BCUT2D eigenvalue weighted by Crippen LogP contribution is -2.15. The van der Waals surface area contributed by atoms with Crippen molar-refractivity contribution in [3.63, 3.8) is 0 Å². The smallest absolute Gasteiger partial charge is 0.267 e. The van der Waals surface area contributed by atoms with Gasteiger partial charge in [0.25, 0.3) is 5.56 Å². The normalized spacial score (nSPS) is 11.8. The minimum absolute atomic E-state index is 0.101. The van der Waals surface area contributed by atoms with Crippen LogP contribution >= 0.6 is 11.5 Å². The van der Waals surface area contributed by atoms with Crippen LogP contribution in [0.15, 0.2) is 41.2 Å². The molecule has 3 aromatic rings. The van der Waals surface area contributed by atoms with Crippen LogP contribution in [0.2, 0.25) is 0 Å². The van der Waals surface area contributed by atoms with Gasteiger partial charge in [0.1, 0.15) is 0 Å². The molecule has 120 valence electrons. The quantitative estimate of drug-likeness (QED) is 0.613. The van der Waals surface area contributed by atoms with Crippen LogP contribution in [0.1, 0.15) is 56.2 Å². The Bertz CT molecular complexity index is 889. The third-order valence-corrected chi connectivity index (χ3v) is 5.61. The summed E-state index contributed by atoms with van der Waals surface area (Å²) in [4.78, 5) is 13.0. The van der Waals surface area contributed by atoms with E-state index in [1.165, 1.54) is 11.1 Å². The summed E-state index contributed by atoms with van der Waals surface area (Å²) in [7, 11) is 0. The molecule has 0 spiro atoms. The van der Waals surface area contributed by atoms with Gasteiger partial charge in [0.05, 0.1) is 15.8 Å². The fourth-order valence-corrected chi connectivity index (χ4v) is 4.21. The van der Waals surface area contributed by atoms with E-state index >= 15 is 0 Å². The molecule has 0 aliphatic carbocycles. The Hall–Kier alpha value is -1.87. The van der Waals surface area contributed by atoms with Crippen molar-refractivity contribution in [3.8, 4) is 5.69 Å². The predicted molar refractivity (Wildman–Crippen MR) is 100 cm³/mol. The zero-order valence-corrected chi connectivity index (χ0v) is 15.2. The number of rotatable bonds is 3. The van der Waals surface area contributed by atoms with Gasteiger partial charge in [-0.1, -0.05) is 69.6 Å². The number of aromatic nitrogens is 1. The first-order chi connectivity index (χ1) is 10.9. The zero-order chi connectivity index (χ0) is 16.7. The van der Waals surface area contributed by atoms with Gasteiger partial charge in [-0.3, -0.25) is 4.79 Å². The summed E-state index contributed by atoms with van der Waals surface area (Å²) in [5.74, 6) is 0.754. The fraction of sp³-hybridized carbons (Fsp3) is 0.350. The molecule has 1 aromatic heterocycles. The molecule has 0 N–H and O–H groups in total. The second-order valence-electron chi connectivity index (χ2n) is 6.74. The molecule has 0 saturated heterocycles. The minimum atomic E-state index is 0.101. The molecule has 0 aliphatic heterocycles. The molecule has 1 heterocycles. The van der Waals surface area contributed by atoms with E-state index in [9.17, 15) is 4.79 Å². The number of benzene rings is 2. The van der Waals surface area contributed by atoms with Gasteiger partial charge >= 0.3 is 0 Å². The molecule has 0 fully saturated rings. The Morgan fingerprint density at radius 3 is 2.00 bits per heavy atom. The van der Waals surface area contributed by atoms with Crippen LogP contribution in [0.25, 0.3) is 15.8 Å². The maximum absolute atomic E-state index is 13.0. The van der Waals surface area contributed by atoms with Crippen molar-refractivity contribution in [2.24, 2.45) is 0 Å². The molecular formula is C20H23NOS. The van der Waals surface area contributed by atoms with Crippen LogP contribution in [0, 0.1) is 6.92 Å². The standard InChI is InChI=1S/C20H23NOS/c1-12(2)15-9-7-10-16(13(3)4)18(15)21-20(22)17-11-6-8-14(5)19(17)23-21/h6-13H,1-5H3. The molecule has 23 heavy (non-hydrogen) atoms. The number of aryl methyl sites for hydroxylation is 1. The van der Waals surface area contributed by atoms with Crippen LogP contribution in [0.3, 0.4) is 0 Å². The van der Waals surface area contributed by atoms with E-state index < -0.39 is 0 Å². The molecule has 0 saturated carbocycles. The molecular weight excluding hydrogens is 302 g/mol. The summed E-state index contributed by atoms with van der Waals surface area (Å²) in [5.41, 5.74) is 4.83. The molecule has 0 bridgehead atoms. The summed E-state index contributed by atoms with van der Waals surface area (Å²) < 4.78 is 2.99. The van der Waals surface area contributed by atoms with Crippen molar-refractivity contribution in [2.75, 3.05) is 0 Å². The van der Waals surface area contributed by atoms with Gasteiger partial charge in [-0.15, -0.1) is 0 Å². The number of fused-ring (bicyclic) bond motifs is 1. The first kappa shape index (κ1) is 16.0. The van der Waals surface area contributed by atoms with Gasteiger partial charge in [-0.25, -0.2) is 3.96 Å². The largest absolute Gasteiger partial charge is 0.273 e. The lowest BCUT2D eigenvalue weighted by molar-refractivity contribution is 0.813. The van der Waals surface area contributed by atoms with Crippen LogP contribution in [0.5, 0.6) is 0 Å². The average molecular weight is 325 g/mol. The molecule has 0 aliphatic rings. The van der Waals surface area contributed by atoms with Gasteiger partial charge in [0.2, 0.25) is 0 Å². The Morgan fingerprint density at radius 1 is 0.913 bits per heavy atom. The summed E-state index contributed by atoms with van der Waals surface area (Å²) in [6.07, 6.45) is 0. The number of para-hydroxylation sites is 1. The van der Waals surface area contributed by atoms with Crippen molar-refractivity contribution in [1.29, 1.82) is 0 Å². The SMILES string of the molecule is Cc1cccc2c(=O)n(-c3c(C(C)C)cccc3C(C)C)sc12. The highest BCUT2D eigenvalue weighted by molar-refractivity contribution is 7.14. The lowest BCUT2D eigenvalue weighted by Gasteiger charge is -2.19. The number of hydrogen-bond acceptors (Lipinski definition) is 2. The van der Waals surface area contributed by atoms with Crippen molar-refractivity contribution < 1.29 is 0 Å². The molecule has 2 aromatic carbocycles. The van der Waals surface area contributed by atoms with Crippen molar-refractivity contribution in [1.82, 2.24) is 3.96 Å². The molecule has 3 heteroatoms. The maximum atomic E-state index is 13.0. The van der Waals surface area contributed by atoms with E-state index in [4.69, 9.17) is 0 Å². The maximum Gasteiger partial charge on any atom is 0.273 e. The Labute approximate surface area is 141 Å². The highest BCUT2D eigenvalue weighted by atomic mass is 32.1. The van der Waals surface area contributed by atoms with Crippen LogP contribution in [-0.4, -0.2) is 3.96 Å². The summed E-state index contributed by atoms with van der Waals surface area (Å²) in [5, 5.41) is 0.822. The molecule has 0 unspecified atom stereocenters.